The zero-order chi connectivity index (χ0) is 11.9. The zero-order valence-corrected chi connectivity index (χ0v) is 9.48. The van der Waals surface area contributed by atoms with Gasteiger partial charge in [0.1, 0.15) is 0 Å². The van der Waals surface area contributed by atoms with E-state index in [9.17, 15) is 9.90 Å². The predicted octanol–water partition coefficient (Wildman–Crippen LogP) is 0.877. The number of aliphatic hydroxyl groups excluding tert-OH is 1. The van der Waals surface area contributed by atoms with Gasteiger partial charge in [-0.15, -0.1) is 0 Å². The number of hydrogen-bond acceptors (Lipinski definition) is 6. The van der Waals surface area contributed by atoms with Gasteiger partial charge in [0.15, 0.2) is 13.1 Å². The Morgan fingerprint density at radius 2 is 2.00 bits per heavy atom. The van der Waals surface area contributed by atoms with Crippen LogP contribution in [-0.4, -0.2) is 43.7 Å². The fourth-order valence-electron chi connectivity index (χ4n) is 0.589. The number of carbonyl (C=O) groups excluding carboxylic acids is 1. The molecule has 1 unspecified atom stereocenters. The molecule has 0 saturated heterocycles. The van der Waals surface area contributed by atoms with Crippen molar-refractivity contribution in [2.24, 2.45) is 0 Å². The Kier molecular flexibility index (Phi) is 6.23. The third-order valence-electron chi connectivity index (χ3n) is 1.26. The molecule has 6 nitrogen and oxygen atoms in total. The van der Waals surface area contributed by atoms with E-state index in [1.54, 1.807) is 0 Å². The highest BCUT2D eigenvalue weighted by Gasteiger charge is 2.14. The number of ether oxygens (including phenoxy) is 4. The van der Waals surface area contributed by atoms with E-state index in [0.29, 0.717) is 0 Å². The Balaban J connectivity index is 3.49. The summed E-state index contributed by atoms with van der Waals surface area (Å²) in [5.41, 5.74) is -0.354. The largest absolute Gasteiger partial charge is 0.510 e. The van der Waals surface area contributed by atoms with E-state index < -0.39 is 12.4 Å². The summed E-state index contributed by atoms with van der Waals surface area (Å²) in [7, 11) is 1.18. The molecular weight excluding hydrogens is 204 g/mol. The molecule has 0 heterocycles. The number of methoxy groups -OCH3 is 1. The second kappa shape index (κ2) is 6.60. The van der Waals surface area contributed by atoms with Crippen LogP contribution in [0.1, 0.15) is 20.8 Å². The number of carbonyl (C=O) groups is 1. The smallest absolute Gasteiger partial charge is 0.438 e. The molecule has 0 fully saturated rings. The van der Waals surface area contributed by atoms with Crippen molar-refractivity contribution in [3.63, 3.8) is 0 Å². The van der Waals surface area contributed by atoms with Gasteiger partial charge in [-0.25, -0.2) is 4.79 Å². The molecule has 0 spiro atoms. The van der Waals surface area contributed by atoms with Crippen LogP contribution < -0.4 is 0 Å². The van der Waals surface area contributed by atoms with Gasteiger partial charge in [-0.2, -0.15) is 0 Å². The molecule has 90 valence electrons. The summed E-state index contributed by atoms with van der Waals surface area (Å²) in [5.74, 6) is 0. The summed E-state index contributed by atoms with van der Waals surface area (Å²) in [5, 5.41) is 9.22. The minimum Gasteiger partial charge on any atom is -0.438 e. The van der Waals surface area contributed by atoms with Crippen molar-refractivity contribution < 1.29 is 28.8 Å². The molecule has 0 rings (SSSR count). The maximum atomic E-state index is 10.5. The molecule has 15 heavy (non-hydrogen) atoms. The number of rotatable bonds is 5. The number of aliphatic hydroxyl groups is 1. The minimum absolute atomic E-state index is 0.00797. The van der Waals surface area contributed by atoms with Crippen molar-refractivity contribution in [1.29, 1.82) is 0 Å². The summed E-state index contributed by atoms with van der Waals surface area (Å²) in [6, 6.07) is 0. The Bertz CT molecular complexity index is 186. The molecule has 1 atom stereocenters. The van der Waals surface area contributed by atoms with E-state index >= 15 is 0 Å². The summed E-state index contributed by atoms with van der Waals surface area (Å²) in [4.78, 5) is 10.5. The highest BCUT2D eigenvalue weighted by atomic mass is 16.8. The van der Waals surface area contributed by atoms with Crippen LogP contribution in [0.2, 0.25) is 0 Å². The van der Waals surface area contributed by atoms with Crippen molar-refractivity contribution in [1.82, 2.24) is 0 Å². The topological polar surface area (TPSA) is 74.2 Å². The predicted molar refractivity (Wildman–Crippen MR) is 51.2 cm³/mol. The van der Waals surface area contributed by atoms with Crippen LogP contribution in [0.5, 0.6) is 0 Å². The van der Waals surface area contributed by atoms with Crippen molar-refractivity contribution in [3.8, 4) is 0 Å². The van der Waals surface area contributed by atoms with Gasteiger partial charge in [0, 0.05) is 0 Å². The maximum absolute atomic E-state index is 10.5. The molecule has 0 aliphatic carbocycles. The van der Waals surface area contributed by atoms with Gasteiger partial charge in [0.2, 0.25) is 0 Å². The molecule has 1 N–H and O–H groups in total. The van der Waals surface area contributed by atoms with Crippen molar-refractivity contribution >= 4 is 6.16 Å². The molecule has 0 saturated carbocycles. The first-order valence-corrected chi connectivity index (χ1v) is 4.49. The first-order valence-electron chi connectivity index (χ1n) is 4.49. The standard InChI is InChI=1S/C9H18O6/c1-9(2,3)15-5-7(10)13-6-14-8(11)12-4/h7,10H,5-6H2,1-4H3. The minimum atomic E-state index is -1.13. The molecule has 0 aliphatic rings. The van der Waals surface area contributed by atoms with Gasteiger partial charge in [-0.3, -0.25) is 0 Å². The third kappa shape index (κ3) is 9.45. The first-order chi connectivity index (χ1) is 6.85. The van der Waals surface area contributed by atoms with E-state index in [1.165, 1.54) is 7.11 Å². The Morgan fingerprint density at radius 3 is 2.47 bits per heavy atom. The highest BCUT2D eigenvalue weighted by molar-refractivity contribution is 5.59. The molecule has 0 aromatic heterocycles. The summed E-state index contributed by atoms with van der Waals surface area (Å²) in [6.07, 6.45) is -1.99. The Hall–Kier alpha value is -0.850. The zero-order valence-electron chi connectivity index (χ0n) is 9.48. The van der Waals surface area contributed by atoms with Crippen LogP contribution >= 0.6 is 0 Å². The van der Waals surface area contributed by atoms with Gasteiger partial charge in [-0.1, -0.05) is 0 Å². The summed E-state index contributed by atoms with van der Waals surface area (Å²) >= 11 is 0. The lowest BCUT2D eigenvalue weighted by Gasteiger charge is -2.21. The second-order valence-corrected chi connectivity index (χ2v) is 3.76. The van der Waals surface area contributed by atoms with Crippen molar-refractivity contribution in [2.75, 3.05) is 20.5 Å². The SMILES string of the molecule is COC(=O)OCOC(O)COC(C)(C)C. The number of hydrogen-bond donors (Lipinski definition) is 1. The van der Waals surface area contributed by atoms with Crippen LogP contribution in [0.15, 0.2) is 0 Å². The van der Waals surface area contributed by atoms with Crippen molar-refractivity contribution in [2.45, 2.75) is 32.7 Å². The monoisotopic (exact) mass is 222 g/mol. The molecule has 0 amide bonds. The lowest BCUT2D eigenvalue weighted by molar-refractivity contribution is -0.195. The summed E-state index contributed by atoms with van der Waals surface area (Å²) < 4.78 is 18.5. The Morgan fingerprint density at radius 1 is 1.40 bits per heavy atom. The normalized spacial score (nSPS) is 13.4. The average molecular weight is 222 g/mol. The molecule has 0 radical (unpaired) electrons. The van der Waals surface area contributed by atoms with Crippen LogP contribution in [0.4, 0.5) is 4.79 Å². The van der Waals surface area contributed by atoms with Crippen molar-refractivity contribution in [3.05, 3.63) is 0 Å². The lowest BCUT2D eigenvalue weighted by atomic mass is 10.2. The maximum Gasteiger partial charge on any atom is 0.510 e. The van der Waals surface area contributed by atoms with Crippen LogP contribution in [0.25, 0.3) is 0 Å². The van der Waals surface area contributed by atoms with E-state index in [1.807, 2.05) is 20.8 Å². The fourth-order valence-corrected chi connectivity index (χ4v) is 0.589. The Labute approximate surface area is 89.1 Å². The van der Waals surface area contributed by atoms with E-state index in [0.717, 1.165) is 0 Å². The van der Waals surface area contributed by atoms with Gasteiger partial charge >= 0.3 is 6.16 Å². The second-order valence-electron chi connectivity index (χ2n) is 3.76. The van der Waals surface area contributed by atoms with Crippen LogP contribution in [0.3, 0.4) is 0 Å². The van der Waals surface area contributed by atoms with Gasteiger partial charge < -0.3 is 24.1 Å². The first kappa shape index (κ1) is 14.2. The van der Waals surface area contributed by atoms with E-state index in [-0.39, 0.29) is 19.0 Å². The lowest BCUT2D eigenvalue weighted by Crippen LogP contribution is -2.28. The van der Waals surface area contributed by atoms with Crippen LogP contribution in [0, 0.1) is 0 Å². The van der Waals surface area contributed by atoms with E-state index in [4.69, 9.17) is 9.47 Å². The highest BCUT2D eigenvalue weighted by Crippen LogP contribution is 2.07. The third-order valence-corrected chi connectivity index (χ3v) is 1.26. The van der Waals surface area contributed by atoms with Gasteiger partial charge in [0.25, 0.3) is 0 Å². The van der Waals surface area contributed by atoms with Gasteiger partial charge in [-0.05, 0) is 20.8 Å². The quantitative estimate of drug-likeness (QED) is 0.549. The van der Waals surface area contributed by atoms with Crippen LogP contribution in [-0.2, 0) is 18.9 Å². The molecule has 6 heteroatoms. The molecule has 0 aliphatic heterocycles. The summed E-state index contributed by atoms with van der Waals surface area (Å²) in [6.45, 7) is 5.19. The molecular formula is C9H18O6. The molecule has 0 aromatic rings. The fraction of sp³-hybridized carbons (Fsp3) is 0.889. The average Bonchev–Trinajstić information content (AvgIpc) is 2.13. The van der Waals surface area contributed by atoms with Gasteiger partial charge in [0.05, 0.1) is 19.3 Å². The molecule has 0 aromatic carbocycles. The van der Waals surface area contributed by atoms with E-state index in [2.05, 4.69) is 9.47 Å². The molecule has 0 bridgehead atoms.